The van der Waals surface area contributed by atoms with Crippen molar-refractivity contribution in [3.63, 3.8) is 0 Å². The van der Waals surface area contributed by atoms with Gasteiger partial charge in [-0.3, -0.25) is 22.6 Å². The third-order valence-corrected chi connectivity index (χ3v) is 17.0. The van der Waals surface area contributed by atoms with Gasteiger partial charge in [0.1, 0.15) is 57.9 Å². The highest BCUT2D eigenvalue weighted by Crippen LogP contribution is 2.36. The SMILES string of the molecule is CCCn1cc(-c2cnc(NCc3c(F)ccc4c3CCO4)n3cc(C)nc23)cn1.CCn1cc(-c2cnc(NCc3c(F)ccc4c3CCO4)n3cc(C)nc23)cn1.Cc1cn2c(NCc3c(F)ccc4c3CCO4)ncc(-c3cnn(C4CCCCO4)c3)c2n1. The van der Waals surface area contributed by atoms with Crippen molar-refractivity contribution in [3.05, 3.63) is 179 Å². The van der Waals surface area contributed by atoms with Crippen LogP contribution >= 0.6 is 0 Å². The van der Waals surface area contributed by atoms with Crippen molar-refractivity contribution in [2.75, 3.05) is 42.4 Å². The number of imidazole rings is 3. The van der Waals surface area contributed by atoms with Gasteiger partial charge in [0.25, 0.3) is 0 Å². The summed E-state index contributed by atoms with van der Waals surface area (Å²) in [7, 11) is 0. The lowest BCUT2D eigenvalue weighted by Crippen LogP contribution is -2.18. The van der Waals surface area contributed by atoms with Gasteiger partial charge in [-0.2, -0.15) is 15.3 Å². The molecule has 3 aromatic carbocycles. The number of nitrogens with one attached hydrogen (secondary N) is 3. The van der Waals surface area contributed by atoms with E-state index in [0.717, 1.165) is 160 Å². The summed E-state index contributed by atoms with van der Waals surface area (Å²) in [5.74, 6) is 3.43. The predicted octanol–water partition coefficient (Wildman–Crippen LogP) is 11.9. The minimum atomic E-state index is -0.237. The number of aromatic nitrogens is 15. The van der Waals surface area contributed by atoms with Crippen LogP contribution in [0.4, 0.5) is 31.0 Å². The number of anilines is 3. The highest BCUT2D eigenvalue weighted by Gasteiger charge is 2.25. The largest absolute Gasteiger partial charge is 0.493 e. The quantitative estimate of drug-likeness (QED) is 0.0819. The minimum absolute atomic E-state index is 0.0228. The van der Waals surface area contributed by atoms with E-state index >= 15 is 0 Å². The molecule has 0 bridgehead atoms. The maximum Gasteiger partial charge on any atom is 0.208 e. The van der Waals surface area contributed by atoms with E-state index in [0.29, 0.717) is 80.4 Å². The average molecular weight is 1250 g/mol. The second-order valence-electron chi connectivity index (χ2n) is 23.2. The number of benzene rings is 3. The van der Waals surface area contributed by atoms with Crippen LogP contribution in [0.5, 0.6) is 17.2 Å². The second-order valence-corrected chi connectivity index (χ2v) is 23.2. The van der Waals surface area contributed by atoms with Crippen LogP contribution in [0.3, 0.4) is 0 Å². The molecule has 0 saturated carbocycles. The second kappa shape index (κ2) is 25.5. The molecule has 1 saturated heterocycles. The Bertz CT molecular complexity index is 4690. The van der Waals surface area contributed by atoms with Crippen LogP contribution in [-0.2, 0) is 56.7 Å². The Labute approximate surface area is 527 Å². The molecule has 13 heterocycles. The smallest absolute Gasteiger partial charge is 0.208 e. The van der Waals surface area contributed by atoms with Crippen molar-refractivity contribution in [2.45, 2.75) is 119 Å². The Morgan fingerprint density at radius 2 is 0.891 bits per heavy atom. The van der Waals surface area contributed by atoms with Gasteiger partial charge in [0, 0.05) is 181 Å². The van der Waals surface area contributed by atoms with Crippen LogP contribution in [0.15, 0.2) is 111 Å². The summed E-state index contributed by atoms with van der Waals surface area (Å²) in [6.07, 6.45) is 29.0. The van der Waals surface area contributed by atoms with Crippen molar-refractivity contribution < 1.29 is 32.1 Å². The lowest BCUT2D eigenvalue weighted by molar-refractivity contribution is -0.0394. The summed E-state index contributed by atoms with van der Waals surface area (Å²) < 4.78 is 77.5. The van der Waals surface area contributed by atoms with E-state index in [-0.39, 0.29) is 23.7 Å². The Morgan fingerprint density at radius 1 is 0.478 bits per heavy atom. The zero-order valence-electron chi connectivity index (χ0n) is 51.8. The Hall–Kier alpha value is -10.3. The molecule has 1 unspecified atom stereocenters. The van der Waals surface area contributed by atoms with Crippen LogP contribution in [-0.4, -0.2) is 98.9 Å². The van der Waals surface area contributed by atoms with Crippen molar-refractivity contribution in [1.82, 2.24) is 72.4 Å². The standard InChI is InChI=1S/C24H25FN6O2.C22H23FN6O.C21H21FN6O/c1-15-13-30-23(29-15)18(16-10-28-31(14-16)22-4-2-3-8-33-22)11-26-24(30)27-12-19-17-7-9-32-21(17)6-5-20(19)25;1-3-7-28-13-15(9-26-28)17-10-24-22(29-12-14(2)27-21(17)29)25-11-18-16-6-8-30-20(16)5-4-19(18)23;1-3-27-12-14(8-25-27)16-9-23-21(28-11-13(2)26-20(16)28)24-10-17-15-6-7-29-19(15)5-4-18(17)22/h5-6,10-11,13-14,22H,2-4,7-9,12H2,1H3,(H,26,27);4-5,9-10,12-13H,3,6-8,11H2,1-2H3,(H,24,25);4-5,8-9,11-12H,3,6-7,10H2,1-2H3,(H,23,24). The first-order chi connectivity index (χ1) is 44.9. The maximum absolute atomic E-state index is 14.6. The Kier molecular flexibility index (Phi) is 16.5. The van der Waals surface area contributed by atoms with E-state index in [2.05, 4.69) is 63.1 Å². The Balaban J connectivity index is 0.000000120. The molecule has 0 spiro atoms. The number of ether oxygens (including phenoxy) is 4. The molecule has 0 amide bonds. The van der Waals surface area contributed by atoms with Gasteiger partial charge in [-0.15, -0.1) is 0 Å². The van der Waals surface area contributed by atoms with Crippen LogP contribution < -0.4 is 30.2 Å². The first-order valence-electron chi connectivity index (χ1n) is 31.2. The van der Waals surface area contributed by atoms with Crippen LogP contribution in [0.1, 0.15) is 96.2 Å². The van der Waals surface area contributed by atoms with Crippen molar-refractivity contribution in [3.8, 4) is 50.6 Å². The molecule has 4 aliphatic heterocycles. The molecule has 1 fully saturated rings. The maximum atomic E-state index is 14.6. The van der Waals surface area contributed by atoms with E-state index in [9.17, 15) is 13.2 Å². The molecule has 0 aliphatic carbocycles. The number of aryl methyl sites for hydroxylation is 5. The molecule has 12 aromatic rings. The molecule has 4 aliphatic rings. The van der Waals surface area contributed by atoms with Crippen molar-refractivity contribution >= 4 is 34.8 Å². The summed E-state index contributed by atoms with van der Waals surface area (Å²) in [6.45, 7) is 15.2. The van der Waals surface area contributed by atoms with E-state index in [1.165, 1.54) is 18.2 Å². The molecular weight excluding hydrogens is 1180 g/mol. The van der Waals surface area contributed by atoms with Gasteiger partial charge in [-0.25, -0.2) is 47.8 Å². The highest BCUT2D eigenvalue weighted by molar-refractivity contribution is 5.79. The first kappa shape index (κ1) is 59.3. The van der Waals surface area contributed by atoms with Gasteiger partial charge < -0.3 is 34.9 Å². The van der Waals surface area contributed by atoms with Gasteiger partial charge in [-0.05, 0) is 89.8 Å². The highest BCUT2D eigenvalue weighted by atomic mass is 19.1. The molecule has 22 nitrogen and oxygen atoms in total. The lowest BCUT2D eigenvalue weighted by Gasteiger charge is -2.22. The number of hydrogen-bond donors (Lipinski definition) is 3. The topological polar surface area (TPSA) is 217 Å². The fourth-order valence-electron chi connectivity index (χ4n) is 12.4. The van der Waals surface area contributed by atoms with E-state index in [4.69, 9.17) is 23.9 Å². The molecule has 16 rings (SSSR count). The van der Waals surface area contributed by atoms with Gasteiger partial charge in [-0.1, -0.05) is 6.92 Å². The predicted molar refractivity (Wildman–Crippen MR) is 340 cm³/mol. The van der Waals surface area contributed by atoms with Crippen LogP contribution in [0, 0.1) is 38.2 Å². The number of hydrogen-bond acceptors (Lipinski definition) is 16. The minimum Gasteiger partial charge on any atom is -0.493 e. The van der Waals surface area contributed by atoms with Crippen LogP contribution in [0.25, 0.3) is 50.3 Å². The lowest BCUT2D eigenvalue weighted by atomic mass is 10.0. The van der Waals surface area contributed by atoms with E-state index in [1.54, 1.807) is 36.8 Å². The van der Waals surface area contributed by atoms with Crippen LogP contribution in [0.2, 0.25) is 0 Å². The number of rotatable bonds is 16. The number of fused-ring (bicyclic) bond motifs is 6. The molecule has 92 heavy (non-hydrogen) atoms. The summed E-state index contributed by atoms with van der Waals surface area (Å²) in [5, 5.41) is 23.2. The third kappa shape index (κ3) is 11.8. The molecule has 9 aromatic heterocycles. The summed E-state index contributed by atoms with van der Waals surface area (Å²) in [4.78, 5) is 27.9. The first-order valence-corrected chi connectivity index (χ1v) is 31.2. The fourth-order valence-corrected chi connectivity index (χ4v) is 12.4. The summed E-state index contributed by atoms with van der Waals surface area (Å²) in [5.41, 5.74) is 15.2. The van der Waals surface area contributed by atoms with Crippen molar-refractivity contribution in [2.24, 2.45) is 0 Å². The van der Waals surface area contributed by atoms with Crippen molar-refractivity contribution in [1.29, 1.82) is 0 Å². The number of nitrogens with zero attached hydrogens (tertiary/aromatic N) is 15. The molecule has 3 N–H and O–H groups in total. The monoisotopic (exact) mass is 1250 g/mol. The van der Waals surface area contributed by atoms with E-state index < -0.39 is 0 Å². The molecule has 1 atom stereocenters. The van der Waals surface area contributed by atoms with Gasteiger partial charge in [0.15, 0.2) is 0 Å². The molecule has 472 valence electrons. The zero-order chi connectivity index (χ0) is 63.0. The summed E-state index contributed by atoms with van der Waals surface area (Å²) >= 11 is 0. The number of halogens is 3. The van der Waals surface area contributed by atoms with E-state index in [1.807, 2.05) is 111 Å². The Morgan fingerprint density at radius 3 is 1.29 bits per heavy atom. The van der Waals surface area contributed by atoms with Gasteiger partial charge >= 0.3 is 0 Å². The summed E-state index contributed by atoms with van der Waals surface area (Å²) in [6, 6.07) is 9.47. The van der Waals surface area contributed by atoms with Gasteiger partial charge in [0.05, 0.1) is 55.5 Å². The fraction of sp³-hybridized carbons (Fsp3) is 0.328. The van der Waals surface area contributed by atoms with Gasteiger partial charge in [0.2, 0.25) is 17.8 Å². The molecular formula is C67H69F3N18O4. The normalized spacial score (nSPS) is 14.7. The zero-order valence-corrected chi connectivity index (χ0v) is 51.8. The third-order valence-electron chi connectivity index (χ3n) is 17.0. The molecule has 0 radical (unpaired) electrons. The molecule has 25 heteroatoms. The average Bonchev–Trinajstić information content (AvgIpc) is 1.77.